The SMILES string of the molecule is COCCC1C[N]CCN(C)C1. The van der Waals surface area contributed by atoms with Gasteiger partial charge in [0.25, 0.3) is 0 Å². The van der Waals surface area contributed by atoms with Crippen LogP contribution in [0.1, 0.15) is 6.42 Å². The van der Waals surface area contributed by atoms with Gasteiger partial charge in [-0.15, -0.1) is 0 Å². The third kappa shape index (κ3) is 3.52. The third-order valence-electron chi connectivity index (χ3n) is 2.33. The second kappa shape index (κ2) is 5.51. The van der Waals surface area contributed by atoms with Gasteiger partial charge in [0.1, 0.15) is 0 Å². The lowest BCUT2D eigenvalue weighted by molar-refractivity contribution is 0.168. The summed E-state index contributed by atoms with van der Waals surface area (Å²) in [4.78, 5) is 2.36. The van der Waals surface area contributed by atoms with Gasteiger partial charge >= 0.3 is 0 Å². The van der Waals surface area contributed by atoms with Crippen LogP contribution in [0, 0.1) is 5.92 Å². The monoisotopic (exact) mass is 171 g/mol. The van der Waals surface area contributed by atoms with Crippen LogP contribution in [0.15, 0.2) is 0 Å². The first-order valence-electron chi connectivity index (χ1n) is 4.63. The summed E-state index contributed by atoms with van der Waals surface area (Å²) in [6.45, 7) is 5.18. The Morgan fingerprint density at radius 2 is 2.42 bits per heavy atom. The Kier molecular flexibility index (Phi) is 4.58. The Labute approximate surface area is 75.1 Å². The van der Waals surface area contributed by atoms with Gasteiger partial charge in [0.15, 0.2) is 0 Å². The Morgan fingerprint density at radius 1 is 1.58 bits per heavy atom. The summed E-state index contributed by atoms with van der Waals surface area (Å²) in [5, 5.41) is 4.46. The van der Waals surface area contributed by atoms with Gasteiger partial charge < -0.3 is 9.64 Å². The molecule has 0 aliphatic carbocycles. The highest BCUT2D eigenvalue weighted by Gasteiger charge is 2.14. The van der Waals surface area contributed by atoms with E-state index in [-0.39, 0.29) is 0 Å². The molecule has 1 aliphatic rings. The fourth-order valence-electron chi connectivity index (χ4n) is 1.57. The fourth-order valence-corrected chi connectivity index (χ4v) is 1.57. The van der Waals surface area contributed by atoms with Gasteiger partial charge in [0.2, 0.25) is 0 Å². The van der Waals surface area contributed by atoms with Crippen LogP contribution in [0.3, 0.4) is 0 Å². The number of methoxy groups -OCH3 is 1. The minimum absolute atomic E-state index is 0.706. The van der Waals surface area contributed by atoms with Gasteiger partial charge in [0.05, 0.1) is 0 Å². The smallest absolute Gasteiger partial charge is 0.0465 e. The highest BCUT2D eigenvalue weighted by Crippen LogP contribution is 2.07. The van der Waals surface area contributed by atoms with Crippen molar-refractivity contribution >= 4 is 0 Å². The first kappa shape index (κ1) is 9.96. The maximum absolute atomic E-state index is 5.06. The molecular formula is C9H19N2O. The number of likely N-dealkylation sites (N-methyl/N-ethyl adjacent to an activating group) is 1. The minimum atomic E-state index is 0.706. The van der Waals surface area contributed by atoms with Crippen molar-refractivity contribution in [3.05, 3.63) is 0 Å². The van der Waals surface area contributed by atoms with E-state index in [4.69, 9.17) is 4.74 Å². The highest BCUT2D eigenvalue weighted by molar-refractivity contribution is 4.70. The van der Waals surface area contributed by atoms with Gasteiger partial charge in [-0.25, -0.2) is 5.32 Å². The number of rotatable bonds is 3. The summed E-state index contributed by atoms with van der Waals surface area (Å²) in [6, 6.07) is 0. The quantitative estimate of drug-likeness (QED) is 0.606. The first-order chi connectivity index (χ1) is 5.83. The maximum atomic E-state index is 5.06. The normalized spacial score (nSPS) is 27.0. The molecule has 0 aromatic heterocycles. The van der Waals surface area contributed by atoms with Crippen LogP contribution in [-0.2, 0) is 4.74 Å². The molecule has 0 N–H and O–H groups in total. The van der Waals surface area contributed by atoms with Crippen LogP contribution in [0.2, 0.25) is 0 Å². The highest BCUT2D eigenvalue weighted by atomic mass is 16.5. The van der Waals surface area contributed by atoms with E-state index in [1.807, 2.05) is 0 Å². The molecule has 1 heterocycles. The van der Waals surface area contributed by atoms with Crippen molar-refractivity contribution in [2.45, 2.75) is 6.42 Å². The molecular weight excluding hydrogens is 152 g/mol. The molecule has 1 unspecified atom stereocenters. The largest absolute Gasteiger partial charge is 0.385 e. The zero-order valence-electron chi connectivity index (χ0n) is 8.12. The van der Waals surface area contributed by atoms with Gasteiger partial charge in [-0.05, 0) is 19.4 Å². The third-order valence-corrected chi connectivity index (χ3v) is 2.33. The summed E-state index contributed by atoms with van der Waals surface area (Å²) < 4.78 is 5.06. The van der Waals surface area contributed by atoms with E-state index in [9.17, 15) is 0 Å². The predicted octanol–water partition coefficient (Wildman–Crippen LogP) is 0.189. The van der Waals surface area contributed by atoms with Gasteiger partial charge in [-0.1, -0.05) is 0 Å². The molecule has 1 saturated heterocycles. The maximum Gasteiger partial charge on any atom is 0.0465 e. The predicted molar refractivity (Wildman–Crippen MR) is 49.3 cm³/mol. The van der Waals surface area contributed by atoms with E-state index in [1.165, 1.54) is 6.54 Å². The zero-order valence-corrected chi connectivity index (χ0v) is 8.12. The van der Waals surface area contributed by atoms with Crippen LogP contribution in [0.4, 0.5) is 0 Å². The van der Waals surface area contributed by atoms with Crippen LogP contribution in [0.25, 0.3) is 0 Å². The summed E-state index contributed by atoms with van der Waals surface area (Å²) in [5.41, 5.74) is 0. The second-order valence-corrected chi connectivity index (χ2v) is 3.54. The number of hydrogen-bond donors (Lipinski definition) is 0. The zero-order chi connectivity index (χ0) is 8.81. The van der Waals surface area contributed by atoms with Gasteiger partial charge in [0, 0.05) is 39.9 Å². The number of ether oxygens (including phenoxy) is 1. The van der Waals surface area contributed by atoms with Gasteiger partial charge in [-0.2, -0.15) is 0 Å². The summed E-state index contributed by atoms with van der Waals surface area (Å²) in [5.74, 6) is 0.706. The standard InChI is InChI=1S/C9H19N2O/c1-11-5-4-10-7-9(8-11)3-6-12-2/h9H,3-8H2,1-2H3. The van der Waals surface area contributed by atoms with Crippen molar-refractivity contribution in [3.8, 4) is 0 Å². The van der Waals surface area contributed by atoms with Crippen LogP contribution in [0.5, 0.6) is 0 Å². The van der Waals surface area contributed by atoms with Crippen LogP contribution < -0.4 is 5.32 Å². The van der Waals surface area contributed by atoms with Crippen molar-refractivity contribution in [2.24, 2.45) is 5.92 Å². The lowest BCUT2D eigenvalue weighted by atomic mass is 10.1. The fraction of sp³-hybridized carbons (Fsp3) is 1.00. The molecule has 1 rings (SSSR count). The molecule has 1 fully saturated rings. The molecule has 0 aromatic carbocycles. The number of hydrogen-bond acceptors (Lipinski definition) is 2. The lowest BCUT2D eigenvalue weighted by Gasteiger charge is -2.18. The Hall–Kier alpha value is -0.120. The van der Waals surface area contributed by atoms with E-state index in [0.29, 0.717) is 5.92 Å². The molecule has 1 radical (unpaired) electrons. The molecule has 3 heteroatoms. The molecule has 0 amide bonds. The van der Waals surface area contributed by atoms with Crippen molar-refractivity contribution < 1.29 is 4.74 Å². The van der Waals surface area contributed by atoms with E-state index >= 15 is 0 Å². The Morgan fingerprint density at radius 3 is 3.17 bits per heavy atom. The van der Waals surface area contributed by atoms with E-state index in [1.54, 1.807) is 7.11 Å². The van der Waals surface area contributed by atoms with E-state index in [2.05, 4.69) is 17.3 Å². The molecule has 1 aliphatic heterocycles. The van der Waals surface area contributed by atoms with Crippen LogP contribution in [-0.4, -0.2) is 51.8 Å². The molecule has 1 atom stereocenters. The average molecular weight is 171 g/mol. The van der Waals surface area contributed by atoms with Gasteiger partial charge in [-0.3, -0.25) is 0 Å². The molecule has 71 valence electrons. The van der Waals surface area contributed by atoms with Crippen molar-refractivity contribution in [2.75, 3.05) is 46.9 Å². The topological polar surface area (TPSA) is 26.6 Å². The Bertz CT molecular complexity index is 119. The molecule has 0 bridgehead atoms. The molecule has 3 nitrogen and oxygen atoms in total. The number of nitrogens with zero attached hydrogens (tertiary/aromatic N) is 2. The van der Waals surface area contributed by atoms with E-state index < -0.39 is 0 Å². The minimum Gasteiger partial charge on any atom is -0.385 e. The molecule has 0 spiro atoms. The molecule has 0 saturated carbocycles. The summed E-state index contributed by atoms with van der Waals surface area (Å²) in [7, 11) is 3.93. The van der Waals surface area contributed by atoms with Crippen molar-refractivity contribution in [1.82, 2.24) is 10.2 Å². The van der Waals surface area contributed by atoms with Crippen molar-refractivity contribution in [1.29, 1.82) is 0 Å². The lowest BCUT2D eigenvalue weighted by Crippen LogP contribution is -2.26. The summed E-state index contributed by atoms with van der Waals surface area (Å²) >= 11 is 0. The second-order valence-electron chi connectivity index (χ2n) is 3.54. The average Bonchev–Trinajstić information content (AvgIpc) is 2.26. The van der Waals surface area contributed by atoms with Crippen LogP contribution >= 0.6 is 0 Å². The Balaban J connectivity index is 2.21. The van der Waals surface area contributed by atoms with E-state index in [0.717, 1.165) is 32.7 Å². The molecule has 0 aromatic rings. The first-order valence-corrected chi connectivity index (χ1v) is 4.63. The van der Waals surface area contributed by atoms with Crippen molar-refractivity contribution in [3.63, 3.8) is 0 Å². The summed E-state index contributed by atoms with van der Waals surface area (Å²) in [6.07, 6.45) is 1.14. The molecule has 12 heavy (non-hydrogen) atoms.